The smallest absolute Gasteiger partial charge is 0.240 e. The highest BCUT2D eigenvalue weighted by Gasteiger charge is 2.14. The minimum atomic E-state index is -3.77. The van der Waals surface area contributed by atoms with Gasteiger partial charge in [0, 0.05) is 25.1 Å². The molecule has 0 aliphatic carbocycles. The number of sulfonamides is 1. The van der Waals surface area contributed by atoms with Crippen molar-refractivity contribution in [3.63, 3.8) is 0 Å². The van der Waals surface area contributed by atoms with E-state index in [2.05, 4.69) is 10.0 Å². The summed E-state index contributed by atoms with van der Waals surface area (Å²) in [7, 11) is -3.77. The monoisotopic (exact) mass is 392 g/mol. The molecule has 0 saturated heterocycles. The number of amides is 1. The summed E-state index contributed by atoms with van der Waals surface area (Å²) in [6.07, 6.45) is -0.0564. The summed E-state index contributed by atoms with van der Waals surface area (Å²) < 4.78 is 40.1. The lowest BCUT2D eigenvalue weighted by molar-refractivity contribution is -0.121. The lowest BCUT2D eigenvalue weighted by Crippen LogP contribution is -2.30. The van der Waals surface area contributed by atoms with E-state index in [-0.39, 0.29) is 41.9 Å². The summed E-state index contributed by atoms with van der Waals surface area (Å²) in [6, 6.07) is 10.2. The number of rotatable bonds is 8. The second-order valence-electron chi connectivity index (χ2n) is 6.09. The number of Topliss-reactive ketones (excluding diaryl/α,β-unsaturated/α-hetero) is 1. The second-order valence-corrected chi connectivity index (χ2v) is 7.86. The fraction of sp³-hybridized carbons (Fsp3) is 0.263. The molecule has 2 aromatic rings. The molecule has 0 unspecified atom stereocenters. The van der Waals surface area contributed by atoms with Crippen molar-refractivity contribution in [2.75, 3.05) is 6.54 Å². The molecular weight excluding hydrogens is 371 g/mol. The normalized spacial score (nSPS) is 11.2. The molecular formula is C19H21FN2O4S. The fourth-order valence-electron chi connectivity index (χ4n) is 2.29. The minimum absolute atomic E-state index is 0.0167. The third-order valence-corrected chi connectivity index (χ3v) is 5.42. The maximum Gasteiger partial charge on any atom is 0.240 e. The van der Waals surface area contributed by atoms with Crippen LogP contribution in [0.25, 0.3) is 0 Å². The lowest BCUT2D eigenvalue weighted by atomic mass is 10.1. The van der Waals surface area contributed by atoms with Crippen molar-refractivity contribution in [1.82, 2.24) is 10.0 Å². The highest BCUT2D eigenvalue weighted by atomic mass is 32.2. The van der Waals surface area contributed by atoms with Crippen molar-refractivity contribution < 1.29 is 22.4 Å². The zero-order valence-electron chi connectivity index (χ0n) is 15.1. The standard InChI is InChI=1S/C19H21FN2O4S/c1-13-3-4-15(11-18(13)20)12-21-19(24)9-10-22-27(25,26)17-7-5-16(6-8-17)14(2)23/h3-8,11,22H,9-10,12H2,1-2H3,(H,21,24). The number of aryl methyl sites for hydroxylation is 1. The quantitative estimate of drug-likeness (QED) is 0.675. The first kappa shape index (κ1) is 20.7. The van der Waals surface area contributed by atoms with Gasteiger partial charge in [-0.1, -0.05) is 24.3 Å². The maximum absolute atomic E-state index is 13.5. The highest BCUT2D eigenvalue weighted by molar-refractivity contribution is 7.89. The van der Waals surface area contributed by atoms with Gasteiger partial charge in [0.2, 0.25) is 15.9 Å². The van der Waals surface area contributed by atoms with Crippen LogP contribution in [0.4, 0.5) is 4.39 Å². The third kappa shape index (κ3) is 5.97. The lowest BCUT2D eigenvalue weighted by Gasteiger charge is -2.08. The van der Waals surface area contributed by atoms with Gasteiger partial charge in [0.1, 0.15) is 5.82 Å². The van der Waals surface area contributed by atoms with Gasteiger partial charge in [-0.25, -0.2) is 17.5 Å². The molecule has 27 heavy (non-hydrogen) atoms. The van der Waals surface area contributed by atoms with Crippen LogP contribution in [0.3, 0.4) is 0 Å². The Balaban J connectivity index is 1.82. The molecule has 0 fully saturated rings. The Labute approximate surface area is 157 Å². The van der Waals surface area contributed by atoms with Crippen LogP contribution in [-0.4, -0.2) is 26.7 Å². The summed E-state index contributed by atoms with van der Waals surface area (Å²) in [6.45, 7) is 3.13. The van der Waals surface area contributed by atoms with Crippen molar-refractivity contribution in [1.29, 1.82) is 0 Å². The van der Waals surface area contributed by atoms with Crippen LogP contribution in [0.5, 0.6) is 0 Å². The summed E-state index contributed by atoms with van der Waals surface area (Å²) in [5, 5.41) is 2.61. The first-order chi connectivity index (χ1) is 12.7. The van der Waals surface area contributed by atoms with Crippen molar-refractivity contribution >= 4 is 21.7 Å². The van der Waals surface area contributed by atoms with Gasteiger partial charge < -0.3 is 5.32 Å². The molecule has 1 amide bonds. The average molecular weight is 392 g/mol. The van der Waals surface area contributed by atoms with E-state index in [0.717, 1.165) is 0 Å². The number of ketones is 1. The summed E-state index contributed by atoms with van der Waals surface area (Å²) in [5.41, 5.74) is 1.56. The summed E-state index contributed by atoms with van der Waals surface area (Å²) in [5.74, 6) is -0.854. The fourth-order valence-corrected chi connectivity index (χ4v) is 3.32. The van der Waals surface area contributed by atoms with Crippen LogP contribution in [0.1, 0.15) is 34.8 Å². The molecule has 0 atom stereocenters. The molecule has 0 saturated carbocycles. The van der Waals surface area contributed by atoms with Gasteiger partial charge in [0.15, 0.2) is 5.78 Å². The molecule has 0 bridgehead atoms. The highest BCUT2D eigenvalue weighted by Crippen LogP contribution is 2.11. The van der Waals surface area contributed by atoms with Crippen LogP contribution in [-0.2, 0) is 21.4 Å². The average Bonchev–Trinajstić information content (AvgIpc) is 2.62. The Morgan fingerprint density at radius 1 is 1.07 bits per heavy atom. The molecule has 0 aliphatic heterocycles. The Hall–Kier alpha value is -2.58. The van der Waals surface area contributed by atoms with Gasteiger partial charge in [-0.2, -0.15) is 0 Å². The second kappa shape index (κ2) is 8.88. The van der Waals surface area contributed by atoms with Crippen LogP contribution in [0.2, 0.25) is 0 Å². The molecule has 0 radical (unpaired) electrons. The number of hydrogen-bond donors (Lipinski definition) is 2. The largest absolute Gasteiger partial charge is 0.352 e. The summed E-state index contributed by atoms with van der Waals surface area (Å²) in [4.78, 5) is 23.1. The molecule has 2 aromatic carbocycles. The van der Waals surface area contributed by atoms with Gasteiger partial charge in [-0.15, -0.1) is 0 Å². The van der Waals surface area contributed by atoms with E-state index in [1.54, 1.807) is 19.1 Å². The molecule has 8 heteroatoms. The van der Waals surface area contributed by atoms with Crippen molar-refractivity contribution in [3.05, 3.63) is 65.0 Å². The number of carbonyl (C=O) groups excluding carboxylic acids is 2. The zero-order valence-corrected chi connectivity index (χ0v) is 15.9. The third-order valence-electron chi connectivity index (χ3n) is 3.94. The number of nitrogens with one attached hydrogen (secondary N) is 2. The van der Waals surface area contributed by atoms with Gasteiger partial charge in [-0.05, 0) is 43.2 Å². The maximum atomic E-state index is 13.5. The van der Waals surface area contributed by atoms with Crippen LogP contribution in [0, 0.1) is 12.7 Å². The predicted molar refractivity (Wildman–Crippen MR) is 99.2 cm³/mol. The first-order valence-electron chi connectivity index (χ1n) is 8.31. The number of carbonyl (C=O) groups is 2. The summed E-state index contributed by atoms with van der Waals surface area (Å²) >= 11 is 0. The molecule has 2 rings (SSSR count). The molecule has 0 aliphatic rings. The Bertz CT molecular complexity index is 941. The van der Waals surface area contributed by atoms with Gasteiger partial charge in [0.25, 0.3) is 0 Å². The van der Waals surface area contributed by atoms with E-state index < -0.39 is 10.0 Å². The van der Waals surface area contributed by atoms with Gasteiger partial charge in [-0.3, -0.25) is 9.59 Å². The van der Waals surface area contributed by atoms with E-state index in [0.29, 0.717) is 16.7 Å². The first-order valence-corrected chi connectivity index (χ1v) is 9.80. The van der Waals surface area contributed by atoms with Crippen molar-refractivity contribution in [2.45, 2.75) is 31.7 Å². The van der Waals surface area contributed by atoms with Crippen LogP contribution < -0.4 is 10.0 Å². The van der Waals surface area contributed by atoms with Crippen LogP contribution in [0.15, 0.2) is 47.4 Å². The molecule has 6 nitrogen and oxygen atoms in total. The Kier molecular flexibility index (Phi) is 6.81. The SMILES string of the molecule is CC(=O)c1ccc(S(=O)(=O)NCCC(=O)NCc2ccc(C)c(F)c2)cc1. The number of halogens is 1. The topological polar surface area (TPSA) is 92.3 Å². The van der Waals surface area contributed by atoms with Crippen molar-refractivity contribution in [3.8, 4) is 0 Å². The van der Waals surface area contributed by atoms with Crippen molar-refractivity contribution in [2.24, 2.45) is 0 Å². The number of benzene rings is 2. The van der Waals surface area contributed by atoms with E-state index >= 15 is 0 Å². The zero-order chi connectivity index (χ0) is 20.0. The predicted octanol–water partition coefficient (Wildman–Crippen LogP) is 2.32. The Morgan fingerprint density at radius 2 is 1.74 bits per heavy atom. The van der Waals surface area contributed by atoms with Gasteiger partial charge >= 0.3 is 0 Å². The van der Waals surface area contributed by atoms with Gasteiger partial charge in [0.05, 0.1) is 4.90 Å². The Morgan fingerprint density at radius 3 is 2.33 bits per heavy atom. The van der Waals surface area contributed by atoms with E-state index in [1.807, 2.05) is 0 Å². The van der Waals surface area contributed by atoms with E-state index in [4.69, 9.17) is 0 Å². The number of hydrogen-bond acceptors (Lipinski definition) is 4. The minimum Gasteiger partial charge on any atom is -0.352 e. The molecule has 0 heterocycles. The molecule has 144 valence electrons. The van der Waals surface area contributed by atoms with E-state index in [9.17, 15) is 22.4 Å². The molecule has 2 N–H and O–H groups in total. The molecule has 0 aromatic heterocycles. The molecule has 0 spiro atoms. The van der Waals surface area contributed by atoms with E-state index in [1.165, 1.54) is 37.3 Å². The van der Waals surface area contributed by atoms with Crippen LogP contribution >= 0.6 is 0 Å².